The molecule has 2 aliphatic heterocycles. The van der Waals surface area contributed by atoms with Crippen LogP contribution in [0.3, 0.4) is 0 Å². The zero-order chi connectivity index (χ0) is 18.0. The molecule has 1 unspecified atom stereocenters. The molecular weight excluding hydrogens is 344 g/mol. The van der Waals surface area contributed by atoms with Crippen molar-refractivity contribution < 1.29 is 19.0 Å². The van der Waals surface area contributed by atoms with E-state index in [-0.39, 0.29) is 17.6 Å². The average molecular weight is 369 g/mol. The predicted molar refractivity (Wildman–Crippen MR) is 96.8 cm³/mol. The van der Waals surface area contributed by atoms with Crippen molar-refractivity contribution in [2.45, 2.75) is 38.9 Å². The Bertz CT molecular complexity index is 650. The number of anilines is 1. The van der Waals surface area contributed by atoms with E-state index in [9.17, 15) is 4.79 Å². The van der Waals surface area contributed by atoms with Crippen LogP contribution in [-0.4, -0.2) is 55.4 Å². The molecule has 25 heavy (non-hydrogen) atoms. The van der Waals surface area contributed by atoms with Crippen LogP contribution >= 0.6 is 11.6 Å². The predicted octanol–water partition coefficient (Wildman–Crippen LogP) is 2.94. The van der Waals surface area contributed by atoms with Gasteiger partial charge in [-0.25, -0.2) is 0 Å². The number of amides is 1. The molecule has 0 bridgehead atoms. The maximum absolute atomic E-state index is 12.5. The first-order chi connectivity index (χ1) is 11.8. The summed E-state index contributed by atoms with van der Waals surface area (Å²) < 4.78 is 17.1. The standard InChI is InChI=1S/C18H25ClN2O4/c1-12-9-21(11-18(2,3)25-12)10-17(22)20-14-8-16-15(7-13(14)19)23-5-4-6-24-16/h7-8,12H,4-6,9-11H2,1-3H3,(H,20,22). The van der Waals surface area contributed by atoms with Crippen LogP contribution in [0.15, 0.2) is 12.1 Å². The molecule has 3 rings (SSSR count). The lowest BCUT2D eigenvalue weighted by Gasteiger charge is -2.41. The van der Waals surface area contributed by atoms with Crippen molar-refractivity contribution >= 4 is 23.2 Å². The van der Waals surface area contributed by atoms with Gasteiger partial charge in [0, 0.05) is 31.6 Å². The molecule has 1 aromatic carbocycles. The molecule has 0 spiro atoms. The second-order valence-corrected chi connectivity index (χ2v) is 7.64. The van der Waals surface area contributed by atoms with Crippen LogP contribution in [0.2, 0.25) is 5.02 Å². The fourth-order valence-electron chi connectivity index (χ4n) is 3.38. The minimum Gasteiger partial charge on any atom is -0.490 e. The van der Waals surface area contributed by atoms with E-state index in [1.807, 2.05) is 20.8 Å². The fourth-order valence-corrected chi connectivity index (χ4v) is 3.58. The number of fused-ring (bicyclic) bond motifs is 1. The molecule has 138 valence electrons. The minimum atomic E-state index is -0.259. The number of halogens is 1. The summed E-state index contributed by atoms with van der Waals surface area (Å²) in [5.41, 5.74) is 0.279. The van der Waals surface area contributed by atoms with Crippen molar-refractivity contribution in [2.75, 3.05) is 38.2 Å². The Balaban J connectivity index is 1.66. The Labute approximate surface area is 153 Å². The molecule has 0 aromatic heterocycles. The number of nitrogens with one attached hydrogen (secondary N) is 1. The summed E-state index contributed by atoms with van der Waals surface area (Å²) in [5.74, 6) is 1.11. The van der Waals surface area contributed by atoms with Crippen LogP contribution in [0.4, 0.5) is 5.69 Å². The zero-order valence-corrected chi connectivity index (χ0v) is 15.7. The first-order valence-electron chi connectivity index (χ1n) is 8.61. The smallest absolute Gasteiger partial charge is 0.238 e. The van der Waals surface area contributed by atoms with Gasteiger partial charge < -0.3 is 19.5 Å². The van der Waals surface area contributed by atoms with Gasteiger partial charge in [0.15, 0.2) is 11.5 Å². The van der Waals surface area contributed by atoms with E-state index in [1.165, 1.54) is 0 Å². The quantitative estimate of drug-likeness (QED) is 0.888. The summed E-state index contributed by atoms with van der Waals surface area (Å²) in [4.78, 5) is 14.6. The van der Waals surface area contributed by atoms with Crippen LogP contribution < -0.4 is 14.8 Å². The molecule has 1 atom stereocenters. The number of carbonyl (C=O) groups excluding carboxylic acids is 1. The first-order valence-corrected chi connectivity index (χ1v) is 8.99. The van der Waals surface area contributed by atoms with Gasteiger partial charge in [-0.2, -0.15) is 0 Å². The van der Waals surface area contributed by atoms with E-state index < -0.39 is 0 Å². The molecule has 6 nitrogen and oxygen atoms in total. The van der Waals surface area contributed by atoms with Gasteiger partial charge in [-0.05, 0) is 20.8 Å². The number of nitrogens with zero attached hydrogens (tertiary/aromatic N) is 1. The highest BCUT2D eigenvalue weighted by Gasteiger charge is 2.32. The molecule has 1 aromatic rings. The lowest BCUT2D eigenvalue weighted by molar-refractivity contribution is -0.136. The first kappa shape index (κ1) is 18.3. The van der Waals surface area contributed by atoms with Crippen molar-refractivity contribution in [3.63, 3.8) is 0 Å². The average Bonchev–Trinajstić information content (AvgIpc) is 2.70. The Hall–Kier alpha value is -1.50. The summed E-state index contributed by atoms with van der Waals surface area (Å²) in [6.07, 6.45) is 0.914. The molecule has 1 saturated heterocycles. The van der Waals surface area contributed by atoms with Gasteiger partial charge in [0.2, 0.25) is 5.91 Å². The number of carbonyl (C=O) groups is 1. The van der Waals surface area contributed by atoms with Gasteiger partial charge >= 0.3 is 0 Å². The van der Waals surface area contributed by atoms with Crippen molar-refractivity contribution in [1.29, 1.82) is 0 Å². The molecule has 1 fully saturated rings. The lowest BCUT2D eigenvalue weighted by Crippen LogP contribution is -2.53. The Morgan fingerprint density at radius 2 is 2.00 bits per heavy atom. The van der Waals surface area contributed by atoms with Crippen LogP contribution in [0.1, 0.15) is 27.2 Å². The minimum absolute atomic E-state index is 0.0955. The SMILES string of the molecule is CC1CN(CC(=O)Nc2cc3c(cc2Cl)OCCCO3)CC(C)(C)O1. The number of hydrogen-bond acceptors (Lipinski definition) is 5. The zero-order valence-electron chi connectivity index (χ0n) is 14.9. The second kappa shape index (κ2) is 7.40. The van der Waals surface area contributed by atoms with E-state index in [4.69, 9.17) is 25.8 Å². The Morgan fingerprint density at radius 1 is 1.32 bits per heavy atom. The highest BCUT2D eigenvalue weighted by Crippen LogP contribution is 2.37. The number of rotatable bonds is 3. The molecule has 7 heteroatoms. The third-order valence-corrected chi connectivity index (χ3v) is 4.43. The summed E-state index contributed by atoms with van der Waals surface area (Å²) in [6, 6.07) is 3.42. The van der Waals surface area contributed by atoms with Crippen molar-refractivity contribution in [3.8, 4) is 11.5 Å². The van der Waals surface area contributed by atoms with Crippen LogP contribution in [0.5, 0.6) is 11.5 Å². The summed E-state index contributed by atoms with van der Waals surface area (Å²) in [7, 11) is 0. The largest absolute Gasteiger partial charge is 0.490 e. The van der Waals surface area contributed by atoms with Crippen LogP contribution in [0, 0.1) is 0 Å². The molecular formula is C18H25ClN2O4. The van der Waals surface area contributed by atoms with Gasteiger partial charge in [0.1, 0.15) is 0 Å². The van der Waals surface area contributed by atoms with Gasteiger partial charge in [0.25, 0.3) is 0 Å². The van der Waals surface area contributed by atoms with Crippen LogP contribution in [-0.2, 0) is 9.53 Å². The number of benzene rings is 1. The maximum Gasteiger partial charge on any atom is 0.238 e. The molecule has 0 saturated carbocycles. The third kappa shape index (κ3) is 4.77. The third-order valence-electron chi connectivity index (χ3n) is 4.12. The van der Waals surface area contributed by atoms with E-state index in [1.54, 1.807) is 12.1 Å². The van der Waals surface area contributed by atoms with Crippen molar-refractivity contribution in [3.05, 3.63) is 17.2 Å². The number of ether oxygens (including phenoxy) is 3. The summed E-state index contributed by atoms with van der Waals surface area (Å²) in [6.45, 7) is 9.00. The van der Waals surface area contributed by atoms with E-state index in [2.05, 4.69) is 10.2 Å². The van der Waals surface area contributed by atoms with E-state index in [0.717, 1.165) is 13.0 Å². The molecule has 0 aliphatic carbocycles. The molecule has 0 radical (unpaired) electrons. The second-order valence-electron chi connectivity index (χ2n) is 7.24. The lowest BCUT2D eigenvalue weighted by atomic mass is 10.1. The van der Waals surface area contributed by atoms with Gasteiger partial charge in [0.05, 0.1) is 42.2 Å². The molecule has 1 N–H and O–H groups in total. The monoisotopic (exact) mass is 368 g/mol. The van der Waals surface area contributed by atoms with Gasteiger partial charge in [-0.1, -0.05) is 11.6 Å². The highest BCUT2D eigenvalue weighted by atomic mass is 35.5. The van der Waals surface area contributed by atoms with Gasteiger partial charge in [-0.3, -0.25) is 9.69 Å². The molecule has 2 heterocycles. The maximum atomic E-state index is 12.5. The van der Waals surface area contributed by atoms with Gasteiger partial charge in [-0.15, -0.1) is 0 Å². The number of hydrogen-bond donors (Lipinski definition) is 1. The highest BCUT2D eigenvalue weighted by molar-refractivity contribution is 6.34. The fraction of sp³-hybridized carbons (Fsp3) is 0.611. The van der Waals surface area contributed by atoms with Crippen LogP contribution in [0.25, 0.3) is 0 Å². The molecule has 1 amide bonds. The Morgan fingerprint density at radius 3 is 2.68 bits per heavy atom. The van der Waals surface area contributed by atoms with E-state index >= 15 is 0 Å². The molecule has 2 aliphatic rings. The number of morpholine rings is 1. The topological polar surface area (TPSA) is 60.0 Å². The van der Waals surface area contributed by atoms with Crippen molar-refractivity contribution in [1.82, 2.24) is 4.90 Å². The Kier molecular flexibility index (Phi) is 5.41. The summed E-state index contributed by atoms with van der Waals surface area (Å²) >= 11 is 6.29. The summed E-state index contributed by atoms with van der Waals surface area (Å²) in [5, 5.41) is 3.32. The van der Waals surface area contributed by atoms with Crippen molar-refractivity contribution in [2.24, 2.45) is 0 Å². The van der Waals surface area contributed by atoms with E-state index in [0.29, 0.717) is 48.5 Å². The normalized spacial score (nSPS) is 23.0.